The zero-order chi connectivity index (χ0) is 11.5. The molecule has 1 aliphatic rings. The summed E-state index contributed by atoms with van der Waals surface area (Å²) in [6.07, 6.45) is 3.14. The SMILES string of the molecule is CC(C)c1ncc(CN2CCC(CO)C2)s1. The van der Waals surface area contributed by atoms with Crippen molar-refractivity contribution in [3.8, 4) is 0 Å². The molecule has 0 radical (unpaired) electrons. The van der Waals surface area contributed by atoms with Gasteiger partial charge in [-0.1, -0.05) is 13.8 Å². The number of nitrogens with zero attached hydrogens (tertiary/aromatic N) is 2. The number of aliphatic hydroxyl groups is 1. The van der Waals surface area contributed by atoms with Gasteiger partial charge >= 0.3 is 0 Å². The van der Waals surface area contributed by atoms with Gasteiger partial charge in [0.05, 0.1) is 5.01 Å². The van der Waals surface area contributed by atoms with Crippen LogP contribution in [0.15, 0.2) is 6.20 Å². The lowest BCUT2D eigenvalue weighted by atomic mass is 10.1. The van der Waals surface area contributed by atoms with E-state index in [9.17, 15) is 0 Å². The maximum atomic E-state index is 9.09. The largest absolute Gasteiger partial charge is 0.396 e. The zero-order valence-corrected chi connectivity index (χ0v) is 10.8. The first-order chi connectivity index (χ1) is 7.69. The van der Waals surface area contributed by atoms with Crippen molar-refractivity contribution >= 4 is 11.3 Å². The molecule has 3 nitrogen and oxygen atoms in total. The first-order valence-electron chi connectivity index (χ1n) is 5.97. The van der Waals surface area contributed by atoms with Gasteiger partial charge in [-0.05, 0) is 18.9 Å². The third kappa shape index (κ3) is 2.81. The monoisotopic (exact) mass is 240 g/mol. The summed E-state index contributed by atoms with van der Waals surface area (Å²) in [5.74, 6) is 1.01. The Balaban J connectivity index is 1.89. The predicted molar refractivity (Wildman–Crippen MR) is 66.7 cm³/mol. The number of hydrogen-bond acceptors (Lipinski definition) is 4. The minimum Gasteiger partial charge on any atom is -0.396 e. The van der Waals surface area contributed by atoms with Gasteiger partial charge in [0.15, 0.2) is 0 Å². The second-order valence-corrected chi connectivity index (χ2v) is 6.04. The van der Waals surface area contributed by atoms with Crippen LogP contribution in [0.4, 0.5) is 0 Å². The molecule has 2 heterocycles. The number of rotatable bonds is 4. The van der Waals surface area contributed by atoms with Crippen molar-refractivity contribution in [2.75, 3.05) is 19.7 Å². The third-order valence-corrected chi connectivity index (χ3v) is 4.36. The van der Waals surface area contributed by atoms with Crippen LogP contribution >= 0.6 is 11.3 Å². The van der Waals surface area contributed by atoms with Crippen LogP contribution in [0.3, 0.4) is 0 Å². The molecule has 0 aromatic carbocycles. The molecule has 1 unspecified atom stereocenters. The van der Waals surface area contributed by atoms with E-state index in [4.69, 9.17) is 5.11 Å². The van der Waals surface area contributed by atoms with Crippen LogP contribution in [0.25, 0.3) is 0 Å². The molecule has 1 fully saturated rings. The summed E-state index contributed by atoms with van der Waals surface area (Å²) < 4.78 is 0. The Hall–Kier alpha value is -0.450. The summed E-state index contributed by atoms with van der Waals surface area (Å²) in [5.41, 5.74) is 0. The number of likely N-dealkylation sites (tertiary alicyclic amines) is 1. The van der Waals surface area contributed by atoms with Gasteiger partial charge in [-0.3, -0.25) is 4.90 Å². The fourth-order valence-electron chi connectivity index (χ4n) is 2.09. The molecular weight excluding hydrogens is 220 g/mol. The van der Waals surface area contributed by atoms with E-state index < -0.39 is 0 Å². The van der Waals surface area contributed by atoms with E-state index in [0.717, 1.165) is 26.1 Å². The van der Waals surface area contributed by atoms with Gasteiger partial charge in [0.25, 0.3) is 0 Å². The summed E-state index contributed by atoms with van der Waals surface area (Å²) in [6.45, 7) is 7.84. The van der Waals surface area contributed by atoms with Crippen molar-refractivity contribution in [2.24, 2.45) is 5.92 Å². The van der Waals surface area contributed by atoms with Crippen LogP contribution in [-0.4, -0.2) is 34.7 Å². The van der Waals surface area contributed by atoms with E-state index in [1.54, 1.807) is 0 Å². The van der Waals surface area contributed by atoms with Crippen LogP contribution < -0.4 is 0 Å². The third-order valence-electron chi connectivity index (χ3n) is 3.07. The second-order valence-electron chi connectivity index (χ2n) is 4.89. The molecule has 0 bridgehead atoms. The van der Waals surface area contributed by atoms with Gasteiger partial charge in [0.2, 0.25) is 0 Å². The molecule has 1 saturated heterocycles. The molecule has 1 atom stereocenters. The molecule has 16 heavy (non-hydrogen) atoms. The topological polar surface area (TPSA) is 36.4 Å². The van der Waals surface area contributed by atoms with Crippen molar-refractivity contribution in [3.63, 3.8) is 0 Å². The van der Waals surface area contributed by atoms with Crippen LogP contribution in [0.2, 0.25) is 0 Å². The minimum absolute atomic E-state index is 0.330. The van der Waals surface area contributed by atoms with Crippen molar-refractivity contribution < 1.29 is 5.11 Å². The highest BCUT2D eigenvalue weighted by Gasteiger charge is 2.22. The van der Waals surface area contributed by atoms with Gasteiger partial charge < -0.3 is 5.11 Å². The zero-order valence-electron chi connectivity index (χ0n) is 10.0. The Morgan fingerprint density at radius 1 is 1.62 bits per heavy atom. The van der Waals surface area contributed by atoms with E-state index in [0.29, 0.717) is 18.4 Å². The molecule has 2 rings (SSSR count). The van der Waals surface area contributed by atoms with Crippen molar-refractivity contribution in [2.45, 2.75) is 32.7 Å². The van der Waals surface area contributed by atoms with E-state index >= 15 is 0 Å². The standard InChI is InChI=1S/C12H20N2OS/c1-9(2)12-13-5-11(16-12)7-14-4-3-10(6-14)8-15/h5,9-10,15H,3-4,6-8H2,1-2H3. The van der Waals surface area contributed by atoms with Crippen LogP contribution in [-0.2, 0) is 6.54 Å². The molecule has 1 N–H and O–H groups in total. The summed E-state index contributed by atoms with van der Waals surface area (Å²) >= 11 is 1.82. The Morgan fingerprint density at radius 2 is 2.44 bits per heavy atom. The van der Waals surface area contributed by atoms with Gasteiger partial charge in [-0.2, -0.15) is 0 Å². The lowest BCUT2D eigenvalue weighted by Crippen LogP contribution is -2.20. The Kier molecular flexibility index (Phi) is 3.95. The minimum atomic E-state index is 0.330. The molecule has 0 aliphatic carbocycles. The maximum absolute atomic E-state index is 9.09. The lowest BCUT2D eigenvalue weighted by molar-refractivity contribution is 0.220. The number of hydrogen-bond donors (Lipinski definition) is 1. The smallest absolute Gasteiger partial charge is 0.0953 e. The van der Waals surface area contributed by atoms with Gasteiger partial charge in [0.1, 0.15) is 0 Å². The Labute approximate surface area is 101 Å². The van der Waals surface area contributed by atoms with Crippen molar-refractivity contribution in [1.29, 1.82) is 0 Å². The molecule has 1 aliphatic heterocycles. The van der Waals surface area contributed by atoms with Crippen LogP contribution in [0.1, 0.15) is 36.1 Å². The Morgan fingerprint density at radius 3 is 3.00 bits per heavy atom. The molecule has 0 spiro atoms. The van der Waals surface area contributed by atoms with E-state index in [1.807, 2.05) is 17.5 Å². The summed E-state index contributed by atoms with van der Waals surface area (Å²) in [4.78, 5) is 8.20. The first-order valence-corrected chi connectivity index (χ1v) is 6.78. The van der Waals surface area contributed by atoms with Crippen LogP contribution in [0.5, 0.6) is 0 Å². The number of aromatic nitrogens is 1. The highest BCUT2D eigenvalue weighted by atomic mass is 32.1. The fraction of sp³-hybridized carbons (Fsp3) is 0.750. The van der Waals surface area contributed by atoms with Gasteiger partial charge in [0, 0.05) is 36.7 Å². The van der Waals surface area contributed by atoms with Gasteiger partial charge in [-0.15, -0.1) is 11.3 Å². The molecular formula is C12H20N2OS. The first kappa shape index (κ1) is 12.0. The Bertz CT molecular complexity index is 338. The molecule has 0 amide bonds. The second kappa shape index (κ2) is 5.25. The van der Waals surface area contributed by atoms with Crippen molar-refractivity contribution in [3.05, 3.63) is 16.1 Å². The summed E-state index contributed by atoms with van der Waals surface area (Å²) in [6, 6.07) is 0. The maximum Gasteiger partial charge on any atom is 0.0953 e. The van der Waals surface area contributed by atoms with Crippen LogP contribution in [0, 0.1) is 5.92 Å². The van der Waals surface area contributed by atoms with Crippen molar-refractivity contribution in [1.82, 2.24) is 9.88 Å². The number of aliphatic hydroxyl groups excluding tert-OH is 1. The van der Waals surface area contributed by atoms with Gasteiger partial charge in [-0.25, -0.2) is 4.98 Å². The molecule has 0 saturated carbocycles. The molecule has 4 heteroatoms. The van der Waals surface area contributed by atoms with E-state index in [1.165, 1.54) is 9.88 Å². The molecule has 1 aromatic rings. The molecule has 90 valence electrons. The normalized spacial score (nSPS) is 22.1. The predicted octanol–water partition coefficient (Wildman–Crippen LogP) is 2.08. The average molecular weight is 240 g/mol. The summed E-state index contributed by atoms with van der Waals surface area (Å²) in [5, 5.41) is 10.3. The van der Waals surface area contributed by atoms with E-state index in [-0.39, 0.29) is 0 Å². The quantitative estimate of drug-likeness (QED) is 0.875. The fourth-order valence-corrected chi connectivity index (χ4v) is 3.05. The van der Waals surface area contributed by atoms with E-state index in [2.05, 4.69) is 23.7 Å². The highest BCUT2D eigenvalue weighted by molar-refractivity contribution is 7.11. The average Bonchev–Trinajstić information content (AvgIpc) is 2.87. The highest BCUT2D eigenvalue weighted by Crippen LogP contribution is 2.24. The lowest BCUT2D eigenvalue weighted by Gasteiger charge is -2.13. The summed E-state index contributed by atoms with van der Waals surface area (Å²) in [7, 11) is 0. The molecule has 1 aromatic heterocycles. The number of thiazole rings is 1.